The Morgan fingerprint density at radius 2 is 2.11 bits per heavy atom. The molecular weight excluding hydrogens is 246 g/mol. The number of hydrogen-bond donors (Lipinski definition) is 1. The van der Waals surface area contributed by atoms with Crippen LogP contribution in [0.1, 0.15) is 29.9 Å². The third-order valence-corrected chi connectivity index (χ3v) is 3.37. The quantitative estimate of drug-likeness (QED) is 0.924. The highest BCUT2D eigenvalue weighted by Crippen LogP contribution is 2.25. The van der Waals surface area contributed by atoms with Crippen LogP contribution >= 0.6 is 11.3 Å². The van der Waals surface area contributed by atoms with E-state index in [1.807, 2.05) is 26.8 Å². The summed E-state index contributed by atoms with van der Waals surface area (Å²) in [7, 11) is 0. The number of nitrogens with zero attached hydrogens (tertiary/aromatic N) is 2. The van der Waals surface area contributed by atoms with Crippen molar-refractivity contribution in [1.82, 2.24) is 15.3 Å². The van der Waals surface area contributed by atoms with Crippen molar-refractivity contribution in [1.29, 1.82) is 0 Å². The molecule has 0 atom stereocenters. The molecule has 0 fully saturated rings. The summed E-state index contributed by atoms with van der Waals surface area (Å²) in [5.41, 5.74) is 4.20. The number of nitrogens with one attached hydrogen (secondary N) is 1. The zero-order valence-corrected chi connectivity index (χ0v) is 11.4. The van der Waals surface area contributed by atoms with Crippen LogP contribution in [0.25, 0.3) is 10.6 Å². The van der Waals surface area contributed by atoms with Gasteiger partial charge in [0.2, 0.25) is 0 Å². The summed E-state index contributed by atoms with van der Waals surface area (Å²) in [6.07, 6.45) is 1.60. The van der Waals surface area contributed by atoms with Crippen molar-refractivity contribution in [2.24, 2.45) is 0 Å². The molecule has 0 saturated heterocycles. The molecular formula is C13H15N3OS. The van der Waals surface area contributed by atoms with Crippen LogP contribution in [0, 0.1) is 6.92 Å². The number of aromatic nitrogens is 2. The van der Waals surface area contributed by atoms with Gasteiger partial charge in [-0.3, -0.25) is 9.78 Å². The maximum atomic E-state index is 11.8. The van der Waals surface area contributed by atoms with Gasteiger partial charge in [-0.05, 0) is 32.9 Å². The monoisotopic (exact) mass is 261 g/mol. The second-order valence-electron chi connectivity index (χ2n) is 4.33. The van der Waals surface area contributed by atoms with Crippen LogP contribution < -0.4 is 5.32 Å². The predicted molar refractivity (Wildman–Crippen MR) is 72.7 cm³/mol. The van der Waals surface area contributed by atoms with Gasteiger partial charge >= 0.3 is 0 Å². The molecule has 0 aromatic carbocycles. The van der Waals surface area contributed by atoms with Gasteiger partial charge in [0.15, 0.2) is 0 Å². The number of pyridine rings is 1. The first-order valence-corrected chi connectivity index (χ1v) is 6.63. The van der Waals surface area contributed by atoms with Crippen LogP contribution in [0.2, 0.25) is 0 Å². The van der Waals surface area contributed by atoms with Gasteiger partial charge in [-0.25, -0.2) is 4.98 Å². The van der Waals surface area contributed by atoms with Gasteiger partial charge in [0.1, 0.15) is 0 Å². The van der Waals surface area contributed by atoms with Crippen molar-refractivity contribution in [3.63, 3.8) is 0 Å². The molecule has 0 spiro atoms. The van der Waals surface area contributed by atoms with E-state index in [4.69, 9.17) is 0 Å². The van der Waals surface area contributed by atoms with E-state index in [1.54, 1.807) is 29.1 Å². The molecule has 1 amide bonds. The Morgan fingerprint density at radius 1 is 1.33 bits per heavy atom. The molecule has 4 nitrogen and oxygen atoms in total. The van der Waals surface area contributed by atoms with E-state index < -0.39 is 0 Å². The molecule has 94 valence electrons. The van der Waals surface area contributed by atoms with E-state index in [2.05, 4.69) is 15.3 Å². The van der Waals surface area contributed by atoms with Crippen LogP contribution in [0.3, 0.4) is 0 Å². The Kier molecular flexibility index (Phi) is 3.72. The summed E-state index contributed by atoms with van der Waals surface area (Å²) in [5.74, 6) is -0.0925. The minimum atomic E-state index is -0.0925. The zero-order valence-electron chi connectivity index (χ0n) is 10.6. The topological polar surface area (TPSA) is 54.9 Å². The first kappa shape index (κ1) is 12.7. The molecule has 0 aliphatic heterocycles. The lowest BCUT2D eigenvalue weighted by molar-refractivity contribution is 0.0943. The zero-order chi connectivity index (χ0) is 13.1. The first-order chi connectivity index (χ1) is 8.58. The normalized spacial score (nSPS) is 10.7. The average molecular weight is 261 g/mol. The van der Waals surface area contributed by atoms with Gasteiger partial charge in [0.25, 0.3) is 5.91 Å². The summed E-state index contributed by atoms with van der Waals surface area (Å²) < 4.78 is 0. The highest BCUT2D eigenvalue weighted by molar-refractivity contribution is 7.13. The molecule has 2 aromatic heterocycles. The molecule has 0 radical (unpaired) electrons. The Labute approximate surface area is 110 Å². The Morgan fingerprint density at radius 3 is 2.61 bits per heavy atom. The molecule has 2 aromatic rings. The van der Waals surface area contributed by atoms with Crippen LogP contribution in [0.5, 0.6) is 0 Å². The van der Waals surface area contributed by atoms with E-state index >= 15 is 0 Å². The fourth-order valence-corrected chi connectivity index (χ4v) is 2.34. The molecule has 18 heavy (non-hydrogen) atoms. The second-order valence-corrected chi connectivity index (χ2v) is 5.18. The largest absolute Gasteiger partial charge is 0.350 e. The number of amides is 1. The number of carbonyl (C=O) groups excluding carboxylic acids is 1. The minimum absolute atomic E-state index is 0.0925. The van der Waals surface area contributed by atoms with Gasteiger partial charge < -0.3 is 5.32 Å². The Balaban J connectivity index is 2.21. The first-order valence-electron chi connectivity index (χ1n) is 5.75. The maximum Gasteiger partial charge on any atom is 0.253 e. The molecule has 5 heteroatoms. The van der Waals surface area contributed by atoms with E-state index in [0.29, 0.717) is 5.56 Å². The van der Waals surface area contributed by atoms with Crippen molar-refractivity contribution >= 4 is 17.2 Å². The summed E-state index contributed by atoms with van der Waals surface area (Å²) >= 11 is 1.55. The Bertz CT molecular complexity index is 546. The fourth-order valence-electron chi connectivity index (χ4n) is 1.56. The summed E-state index contributed by atoms with van der Waals surface area (Å²) in [6, 6.07) is 3.77. The predicted octanol–water partition coefficient (Wildman–Crippen LogP) is 2.65. The molecule has 0 unspecified atom stereocenters. The maximum absolute atomic E-state index is 11.8. The number of aryl methyl sites for hydroxylation is 1. The van der Waals surface area contributed by atoms with Gasteiger partial charge in [0.05, 0.1) is 27.3 Å². The van der Waals surface area contributed by atoms with E-state index in [9.17, 15) is 4.79 Å². The van der Waals surface area contributed by atoms with Crippen molar-refractivity contribution in [2.75, 3.05) is 0 Å². The lowest BCUT2D eigenvalue weighted by Gasteiger charge is -2.08. The van der Waals surface area contributed by atoms with Crippen LogP contribution in [-0.4, -0.2) is 21.9 Å². The smallest absolute Gasteiger partial charge is 0.253 e. The number of hydrogen-bond acceptors (Lipinski definition) is 4. The van der Waals surface area contributed by atoms with Crippen LogP contribution in [0.4, 0.5) is 0 Å². The van der Waals surface area contributed by atoms with Crippen molar-refractivity contribution in [3.05, 3.63) is 35.1 Å². The fraction of sp³-hybridized carbons (Fsp3) is 0.308. The van der Waals surface area contributed by atoms with Crippen molar-refractivity contribution < 1.29 is 4.79 Å². The summed E-state index contributed by atoms with van der Waals surface area (Å²) in [6.45, 7) is 5.81. The summed E-state index contributed by atoms with van der Waals surface area (Å²) in [4.78, 5) is 21.3. The van der Waals surface area contributed by atoms with Gasteiger partial charge in [-0.1, -0.05) is 0 Å². The minimum Gasteiger partial charge on any atom is -0.350 e. The molecule has 0 aliphatic rings. The highest BCUT2D eigenvalue weighted by Gasteiger charge is 2.10. The van der Waals surface area contributed by atoms with Crippen LogP contribution in [-0.2, 0) is 0 Å². The van der Waals surface area contributed by atoms with Gasteiger partial charge in [0, 0.05) is 12.2 Å². The molecule has 0 bridgehead atoms. The average Bonchev–Trinajstić information content (AvgIpc) is 2.75. The van der Waals surface area contributed by atoms with Crippen molar-refractivity contribution in [3.8, 4) is 10.6 Å². The molecule has 2 heterocycles. The van der Waals surface area contributed by atoms with Gasteiger partial charge in [-0.2, -0.15) is 0 Å². The van der Waals surface area contributed by atoms with E-state index in [0.717, 1.165) is 16.3 Å². The number of rotatable bonds is 3. The lowest BCUT2D eigenvalue weighted by Crippen LogP contribution is -2.30. The lowest BCUT2D eigenvalue weighted by atomic mass is 10.2. The van der Waals surface area contributed by atoms with Crippen molar-refractivity contribution in [2.45, 2.75) is 26.8 Å². The SMILES string of the molecule is Cc1ncsc1-c1ccc(C(=O)NC(C)C)cn1. The molecule has 0 saturated carbocycles. The number of carbonyl (C=O) groups is 1. The summed E-state index contributed by atoms with van der Waals surface area (Å²) in [5, 5.41) is 2.84. The van der Waals surface area contributed by atoms with Gasteiger partial charge in [-0.15, -0.1) is 11.3 Å². The molecule has 2 rings (SSSR count). The standard InChI is InChI=1S/C13H15N3OS/c1-8(2)16-13(17)10-4-5-11(14-6-10)12-9(3)15-7-18-12/h4-8H,1-3H3,(H,16,17). The number of thiazole rings is 1. The van der Waals surface area contributed by atoms with E-state index in [-0.39, 0.29) is 11.9 Å². The highest BCUT2D eigenvalue weighted by atomic mass is 32.1. The van der Waals surface area contributed by atoms with Crippen LogP contribution in [0.15, 0.2) is 23.8 Å². The molecule has 0 aliphatic carbocycles. The van der Waals surface area contributed by atoms with E-state index in [1.165, 1.54) is 0 Å². The Hall–Kier alpha value is -1.75. The third kappa shape index (κ3) is 2.73. The second kappa shape index (κ2) is 5.27. The molecule has 1 N–H and O–H groups in total. The third-order valence-electron chi connectivity index (χ3n) is 2.42.